The molecule has 0 saturated heterocycles. The minimum absolute atomic E-state index is 0.208. The minimum Gasteiger partial charge on any atom is -0.466 e. The van der Waals surface area contributed by atoms with E-state index in [1.165, 1.54) is 0 Å². The molecule has 10 heavy (non-hydrogen) atoms. The summed E-state index contributed by atoms with van der Waals surface area (Å²) in [6.45, 7) is 3.73. The van der Waals surface area contributed by atoms with Gasteiger partial charge >= 0.3 is 5.97 Å². The molecule has 0 bridgehead atoms. The van der Waals surface area contributed by atoms with Gasteiger partial charge in [-0.1, -0.05) is 6.92 Å². The molecule has 0 aromatic heterocycles. The van der Waals surface area contributed by atoms with Crippen molar-refractivity contribution in [3.8, 4) is 0 Å². The van der Waals surface area contributed by atoms with Crippen LogP contribution in [0.15, 0.2) is 0 Å². The van der Waals surface area contributed by atoms with E-state index in [0.717, 1.165) is 0 Å². The van der Waals surface area contributed by atoms with Crippen LogP contribution in [-0.2, 0) is 9.53 Å². The molecule has 0 aromatic carbocycles. The summed E-state index contributed by atoms with van der Waals surface area (Å²) in [5.41, 5.74) is 0. The Labute approximate surface area is 61.0 Å². The van der Waals surface area contributed by atoms with Crippen molar-refractivity contribution in [2.45, 2.75) is 32.8 Å². The highest BCUT2D eigenvalue weighted by molar-refractivity contribution is 5.68. The van der Waals surface area contributed by atoms with E-state index >= 15 is 0 Å². The highest BCUT2D eigenvalue weighted by atomic mass is 16.5. The molecule has 0 aliphatic rings. The van der Waals surface area contributed by atoms with Crippen LogP contribution in [0.1, 0.15) is 26.7 Å². The van der Waals surface area contributed by atoms with E-state index in [2.05, 4.69) is 0 Å². The number of carbonyl (C=O) groups excluding carboxylic acids is 1. The molecule has 3 heteroatoms. The van der Waals surface area contributed by atoms with Crippen molar-refractivity contribution >= 4 is 5.97 Å². The van der Waals surface area contributed by atoms with E-state index in [1.807, 2.05) is 0 Å². The lowest BCUT2D eigenvalue weighted by molar-refractivity contribution is -0.143. The number of aliphatic hydroxyl groups is 1. The molecule has 0 amide bonds. The second-order valence-electron chi connectivity index (χ2n) is 2.21. The van der Waals surface area contributed by atoms with Gasteiger partial charge in [-0.25, -0.2) is 0 Å². The van der Waals surface area contributed by atoms with Crippen molar-refractivity contribution < 1.29 is 14.6 Å². The standard InChI is InChI=1S/C7H14O3/c1-3-7(9)10-5-4-6(2)8/h6,8H,3-5H2,1-2H3/t6-/m0/s1. The summed E-state index contributed by atoms with van der Waals surface area (Å²) in [7, 11) is 0. The largest absolute Gasteiger partial charge is 0.466 e. The molecule has 1 N–H and O–H groups in total. The predicted molar refractivity (Wildman–Crippen MR) is 37.5 cm³/mol. The average molecular weight is 146 g/mol. The summed E-state index contributed by atoms with van der Waals surface area (Å²) >= 11 is 0. The summed E-state index contributed by atoms with van der Waals surface area (Å²) in [5.74, 6) is -0.208. The maximum Gasteiger partial charge on any atom is 0.305 e. The molecule has 0 aliphatic heterocycles. The molecule has 60 valence electrons. The molecule has 0 aliphatic carbocycles. The fourth-order valence-corrected chi connectivity index (χ4v) is 0.445. The average Bonchev–Trinajstić information content (AvgIpc) is 1.87. The van der Waals surface area contributed by atoms with Crippen LogP contribution in [0.3, 0.4) is 0 Å². The van der Waals surface area contributed by atoms with Crippen LogP contribution in [0, 0.1) is 0 Å². The quantitative estimate of drug-likeness (QED) is 0.594. The second-order valence-corrected chi connectivity index (χ2v) is 2.21. The Morgan fingerprint density at radius 3 is 2.70 bits per heavy atom. The Kier molecular flexibility index (Phi) is 4.94. The van der Waals surface area contributed by atoms with Gasteiger partial charge in [0.1, 0.15) is 0 Å². The molecular formula is C7H14O3. The van der Waals surface area contributed by atoms with E-state index in [9.17, 15) is 4.79 Å². The van der Waals surface area contributed by atoms with Crippen molar-refractivity contribution in [3.05, 3.63) is 0 Å². The Hall–Kier alpha value is -0.570. The lowest BCUT2D eigenvalue weighted by Gasteiger charge is -2.03. The summed E-state index contributed by atoms with van der Waals surface area (Å²) in [4.78, 5) is 10.5. The number of esters is 1. The zero-order valence-corrected chi connectivity index (χ0v) is 6.46. The van der Waals surface area contributed by atoms with Gasteiger partial charge in [0.25, 0.3) is 0 Å². The smallest absolute Gasteiger partial charge is 0.305 e. The van der Waals surface area contributed by atoms with Gasteiger partial charge in [-0.15, -0.1) is 0 Å². The zero-order valence-electron chi connectivity index (χ0n) is 6.46. The first-order chi connectivity index (χ1) is 4.66. The van der Waals surface area contributed by atoms with E-state index in [4.69, 9.17) is 9.84 Å². The summed E-state index contributed by atoms with van der Waals surface area (Å²) in [6, 6.07) is 0. The highest BCUT2D eigenvalue weighted by Crippen LogP contribution is 1.91. The summed E-state index contributed by atoms with van der Waals surface area (Å²) < 4.78 is 4.70. The van der Waals surface area contributed by atoms with Gasteiger partial charge in [-0.2, -0.15) is 0 Å². The molecule has 1 atom stereocenters. The molecule has 0 saturated carbocycles. The first-order valence-electron chi connectivity index (χ1n) is 3.50. The Bertz CT molecular complexity index is 99.0. The maximum atomic E-state index is 10.5. The van der Waals surface area contributed by atoms with E-state index < -0.39 is 0 Å². The normalized spacial score (nSPS) is 12.7. The van der Waals surface area contributed by atoms with Gasteiger partial charge in [0, 0.05) is 12.8 Å². The van der Waals surface area contributed by atoms with Crippen molar-refractivity contribution in [2.75, 3.05) is 6.61 Å². The fraction of sp³-hybridized carbons (Fsp3) is 0.857. The van der Waals surface area contributed by atoms with Crippen molar-refractivity contribution in [3.63, 3.8) is 0 Å². The Morgan fingerprint density at radius 2 is 2.30 bits per heavy atom. The van der Waals surface area contributed by atoms with Crippen molar-refractivity contribution in [2.24, 2.45) is 0 Å². The number of ether oxygens (including phenoxy) is 1. The summed E-state index contributed by atoms with van der Waals surface area (Å²) in [6.07, 6.45) is 0.538. The third-order valence-electron chi connectivity index (χ3n) is 1.09. The van der Waals surface area contributed by atoms with Crippen LogP contribution in [0.2, 0.25) is 0 Å². The van der Waals surface area contributed by atoms with Crippen LogP contribution in [-0.4, -0.2) is 23.8 Å². The Balaban J connectivity index is 3.12. The highest BCUT2D eigenvalue weighted by Gasteiger charge is 1.99. The van der Waals surface area contributed by atoms with Gasteiger partial charge in [0.05, 0.1) is 12.7 Å². The van der Waals surface area contributed by atoms with Crippen molar-refractivity contribution in [1.82, 2.24) is 0 Å². The zero-order chi connectivity index (χ0) is 7.98. The lowest BCUT2D eigenvalue weighted by atomic mass is 10.3. The SMILES string of the molecule is CCC(=O)OCC[C@H](C)O. The molecular weight excluding hydrogens is 132 g/mol. The maximum absolute atomic E-state index is 10.5. The van der Waals surface area contributed by atoms with Crippen LogP contribution in [0.4, 0.5) is 0 Å². The molecule has 0 rings (SSSR count). The molecule has 0 unspecified atom stereocenters. The number of hydrogen-bond donors (Lipinski definition) is 1. The van der Waals surface area contributed by atoms with E-state index in [1.54, 1.807) is 13.8 Å². The van der Waals surface area contributed by atoms with E-state index in [-0.39, 0.29) is 12.1 Å². The topological polar surface area (TPSA) is 46.5 Å². The van der Waals surface area contributed by atoms with Crippen LogP contribution in [0.5, 0.6) is 0 Å². The minimum atomic E-state index is -0.385. The molecule has 0 radical (unpaired) electrons. The first-order valence-corrected chi connectivity index (χ1v) is 3.50. The van der Waals surface area contributed by atoms with Crippen LogP contribution < -0.4 is 0 Å². The fourth-order valence-electron chi connectivity index (χ4n) is 0.445. The molecule has 0 fully saturated rings. The molecule has 0 spiro atoms. The van der Waals surface area contributed by atoms with Crippen LogP contribution >= 0.6 is 0 Å². The number of carbonyl (C=O) groups is 1. The van der Waals surface area contributed by atoms with Crippen molar-refractivity contribution in [1.29, 1.82) is 0 Å². The summed E-state index contributed by atoms with van der Waals surface area (Å²) in [5, 5.41) is 8.75. The third-order valence-corrected chi connectivity index (χ3v) is 1.09. The predicted octanol–water partition coefficient (Wildman–Crippen LogP) is 0.710. The van der Waals surface area contributed by atoms with E-state index in [0.29, 0.717) is 19.4 Å². The molecule has 0 heterocycles. The van der Waals surface area contributed by atoms with Gasteiger partial charge in [-0.3, -0.25) is 4.79 Å². The van der Waals surface area contributed by atoms with Gasteiger partial charge in [0.15, 0.2) is 0 Å². The lowest BCUT2D eigenvalue weighted by Crippen LogP contribution is -2.09. The first kappa shape index (κ1) is 9.43. The Morgan fingerprint density at radius 1 is 1.70 bits per heavy atom. The third kappa shape index (κ3) is 5.56. The number of hydrogen-bond acceptors (Lipinski definition) is 3. The van der Waals surface area contributed by atoms with Crippen LogP contribution in [0.25, 0.3) is 0 Å². The number of aliphatic hydroxyl groups excluding tert-OH is 1. The molecule has 3 nitrogen and oxygen atoms in total. The second kappa shape index (κ2) is 5.23. The number of rotatable bonds is 4. The van der Waals surface area contributed by atoms with Gasteiger partial charge in [0.2, 0.25) is 0 Å². The molecule has 0 aromatic rings. The van der Waals surface area contributed by atoms with Gasteiger partial charge in [-0.05, 0) is 6.92 Å². The monoisotopic (exact) mass is 146 g/mol. The van der Waals surface area contributed by atoms with Gasteiger partial charge < -0.3 is 9.84 Å².